The van der Waals surface area contributed by atoms with Gasteiger partial charge in [0.25, 0.3) is 0 Å². The Morgan fingerprint density at radius 3 is 2.83 bits per heavy atom. The second kappa shape index (κ2) is 5.58. The van der Waals surface area contributed by atoms with Crippen LogP contribution in [0.25, 0.3) is 6.08 Å². The van der Waals surface area contributed by atoms with Crippen molar-refractivity contribution in [2.45, 2.75) is 12.8 Å². The fourth-order valence-corrected chi connectivity index (χ4v) is 1.57. The van der Waals surface area contributed by atoms with E-state index in [1.807, 2.05) is 0 Å². The first kappa shape index (κ1) is 12.5. The first-order valence-corrected chi connectivity index (χ1v) is 5.91. The number of aliphatic carboxylic acids is 1. The van der Waals surface area contributed by atoms with Crippen molar-refractivity contribution in [1.29, 1.82) is 0 Å². The fourth-order valence-electron chi connectivity index (χ4n) is 1.57. The van der Waals surface area contributed by atoms with Gasteiger partial charge in [-0.25, -0.2) is 4.79 Å². The summed E-state index contributed by atoms with van der Waals surface area (Å²) in [5.41, 5.74) is 0.781. The van der Waals surface area contributed by atoms with Crippen LogP contribution >= 0.6 is 0 Å². The van der Waals surface area contributed by atoms with Crippen LogP contribution in [0.2, 0.25) is 0 Å². The van der Waals surface area contributed by atoms with Gasteiger partial charge in [0.2, 0.25) is 0 Å². The van der Waals surface area contributed by atoms with Gasteiger partial charge in [-0.1, -0.05) is 6.07 Å². The Morgan fingerprint density at radius 2 is 2.22 bits per heavy atom. The molecule has 1 fully saturated rings. The summed E-state index contributed by atoms with van der Waals surface area (Å²) in [6.45, 7) is 0.697. The molecule has 4 heteroatoms. The molecule has 0 atom stereocenters. The van der Waals surface area contributed by atoms with Crippen LogP contribution in [0.3, 0.4) is 0 Å². The van der Waals surface area contributed by atoms with E-state index >= 15 is 0 Å². The molecular weight excluding hydrogens is 232 g/mol. The van der Waals surface area contributed by atoms with Crippen LogP contribution in [0.15, 0.2) is 24.3 Å². The second-order valence-electron chi connectivity index (χ2n) is 4.34. The topological polar surface area (TPSA) is 55.8 Å². The molecule has 1 saturated carbocycles. The van der Waals surface area contributed by atoms with Crippen molar-refractivity contribution >= 4 is 12.0 Å². The SMILES string of the molecule is COc1ccc(/C=C/C(=O)O)cc1OCC1CC1. The normalized spacial score (nSPS) is 14.7. The van der Waals surface area contributed by atoms with Gasteiger partial charge in [0.15, 0.2) is 11.5 Å². The van der Waals surface area contributed by atoms with Gasteiger partial charge in [0.1, 0.15) is 0 Å². The highest BCUT2D eigenvalue weighted by Crippen LogP contribution is 2.33. The largest absolute Gasteiger partial charge is 0.493 e. The molecule has 0 bridgehead atoms. The number of rotatable bonds is 6. The van der Waals surface area contributed by atoms with Gasteiger partial charge in [-0.3, -0.25) is 0 Å². The molecule has 0 heterocycles. The Balaban J connectivity index is 2.12. The predicted molar refractivity (Wildman–Crippen MR) is 67.9 cm³/mol. The molecule has 0 aliphatic heterocycles. The third kappa shape index (κ3) is 3.52. The summed E-state index contributed by atoms with van der Waals surface area (Å²) in [5, 5.41) is 8.59. The monoisotopic (exact) mass is 248 g/mol. The van der Waals surface area contributed by atoms with E-state index < -0.39 is 5.97 Å². The molecule has 2 rings (SSSR count). The van der Waals surface area contributed by atoms with Crippen molar-refractivity contribution in [3.8, 4) is 11.5 Å². The summed E-state index contributed by atoms with van der Waals surface area (Å²) in [6.07, 6.45) is 5.08. The maximum atomic E-state index is 10.5. The Hall–Kier alpha value is -1.97. The summed E-state index contributed by atoms with van der Waals surface area (Å²) in [6, 6.07) is 5.37. The minimum absolute atomic E-state index is 0.660. The van der Waals surface area contributed by atoms with Crippen LogP contribution in [0.4, 0.5) is 0 Å². The van der Waals surface area contributed by atoms with Crippen LogP contribution in [-0.2, 0) is 4.79 Å². The van der Waals surface area contributed by atoms with E-state index in [2.05, 4.69) is 0 Å². The van der Waals surface area contributed by atoms with E-state index in [1.165, 1.54) is 18.9 Å². The Morgan fingerprint density at radius 1 is 1.44 bits per heavy atom. The van der Waals surface area contributed by atoms with E-state index in [-0.39, 0.29) is 0 Å². The number of ether oxygens (including phenoxy) is 2. The van der Waals surface area contributed by atoms with Gasteiger partial charge in [-0.15, -0.1) is 0 Å². The van der Waals surface area contributed by atoms with Gasteiger partial charge in [0.05, 0.1) is 13.7 Å². The molecule has 1 aromatic carbocycles. The second-order valence-corrected chi connectivity index (χ2v) is 4.34. The lowest BCUT2D eigenvalue weighted by molar-refractivity contribution is -0.131. The minimum Gasteiger partial charge on any atom is -0.493 e. The lowest BCUT2D eigenvalue weighted by Gasteiger charge is -2.10. The Kier molecular flexibility index (Phi) is 3.87. The first-order valence-electron chi connectivity index (χ1n) is 5.91. The van der Waals surface area contributed by atoms with Crippen molar-refractivity contribution in [3.05, 3.63) is 29.8 Å². The van der Waals surface area contributed by atoms with Gasteiger partial charge in [-0.2, -0.15) is 0 Å². The van der Waals surface area contributed by atoms with Crippen LogP contribution < -0.4 is 9.47 Å². The summed E-state index contributed by atoms with van der Waals surface area (Å²) in [7, 11) is 1.59. The molecule has 0 radical (unpaired) electrons. The molecule has 4 nitrogen and oxygen atoms in total. The van der Waals surface area contributed by atoms with Gasteiger partial charge >= 0.3 is 5.97 Å². The van der Waals surface area contributed by atoms with Crippen LogP contribution in [0, 0.1) is 5.92 Å². The maximum absolute atomic E-state index is 10.5. The number of methoxy groups -OCH3 is 1. The Labute approximate surface area is 106 Å². The van der Waals surface area contributed by atoms with Crippen molar-refractivity contribution in [3.63, 3.8) is 0 Å². The zero-order chi connectivity index (χ0) is 13.0. The lowest BCUT2D eigenvalue weighted by Crippen LogP contribution is -2.01. The van der Waals surface area contributed by atoms with Crippen molar-refractivity contribution < 1.29 is 19.4 Å². The standard InChI is InChI=1S/C14H16O4/c1-17-12-6-4-10(5-7-14(15)16)8-13(12)18-9-11-2-3-11/h4-8,11H,2-3,9H2,1H3,(H,15,16)/b7-5+. The van der Waals surface area contributed by atoms with Crippen LogP contribution in [0.5, 0.6) is 11.5 Å². The number of hydrogen-bond acceptors (Lipinski definition) is 3. The predicted octanol–water partition coefficient (Wildman–Crippen LogP) is 2.58. The quantitative estimate of drug-likeness (QED) is 0.786. The average molecular weight is 248 g/mol. The smallest absolute Gasteiger partial charge is 0.328 e. The molecule has 1 aliphatic carbocycles. The van der Waals surface area contributed by atoms with Gasteiger partial charge < -0.3 is 14.6 Å². The van der Waals surface area contributed by atoms with Crippen LogP contribution in [-0.4, -0.2) is 24.8 Å². The summed E-state index contributed by atoms with van der Waals surface area (Å²) in [5.74, 6) is 1.03. The van der Waals surface area contributed by atoms with Crippen molar-refractivity contribution in [1.82, 2.24) is 0 Å². The fraction of sp³-hybridized carbons (Fsp3) is 0.357. The molecule has 0 unspecified atom stereocenters. The molecule has 0 amide bonds. The highest BCUT2D eigenvalue weighted by atomic mass is 16.5. The molecule has 1 N–H and O–H groups in total. The highest BCUT2D eigenvalue weighted by molar-refractivity contribution is 5.85. The van der Waals surface area contributed by atoms with Crippen molar-refractivity contribution in [2.75, 3.05) is 13.7 Å². The molecule has 18 heavy (non-hydrogen) atoms. The number of carboxylic acids is 1. The number of carboxylic acid groups (broad SMARTS) is 1. The molecule has 0 saturated heterocycles. The third-order valence-corrected chi connectivity index (χ3v) is 2.78. The molecular formula is C14H16O4. The van der Waals surface area contributed by atoms with Crippen LogP contribution in [0.1, 0.15) is 18.4 Å². The number of benzene rings is 1. The lowest BCUT2D eigenvalue weighted by atomic mass is 10.2. The van der Waals surface area contributed by atoms with E-state index in [9.17, 15) is 4.79 Å². The zero-order valence-corrected chi connectivity index (χ0v) is 10.3. The van der Waals surface area contributed by atoms with E-state index in [4.69, 9.17) is 14.6 Å². The van der Waals surface area contributed by atoms with E-state index in [0.29, 0.717) is 24.0 Å². The number of carbonyl (C=O) groups is 1. The molecule has 0 aromatic heterocycles. The highest BCUT2D eigenvalue weighted by Gasteiger charge is 2.22. The van der Waals surface area contributed by atoms with Crippen molar-refractivity contribution in [2.24, 2.45) is 5.92 Å². The van der Waals surface area contributed by atoms with E-state index in [1.54, 1.807) is 25.3 Å². The zero-order valence-electron chi connectivity index (χ0n) is 10.3. The molecule has 1 aromatic rings. The Bertz CT molecular complexity index is 461. The first-order chi connectivity index (χ1) is 8.69. The van der Waals surface area contributed by atoms with Gasteiger partial charge in [-0.05, 0) is 42.5 Å². The molecule has 0 spiro atoms. The molecule has 96 valence electrons. The van der Waals surface area contributed by atoms with Gasteiger partial charge in [0, 0.05) is 6.08 Å². The average Bonchev–Trinajstić information content (AvgIpc) is 3.18. The van der Waals surface area contributed by atoms with E-state index in [0.717, 1.165) is 11.6 Å². The number of hydrogen-bond donors (Lipinski definition) is 1. The minimum atomic E-state index is -0.966. The summed E-state index contributed by atoms with van der Waals surface area (Å²) < 4.78 is 10.9. The molecule has 1 aliphatic rings. The summed E-state index contributed by atoms with van der Waals surface area (Å²) in [4.78, 5) is 10.5. The maximum Gasteiger partial charge on any atom is 0.328 e. The third-order valence-electron chi connectivity index (χ3n) is 2.78. The summed E-state index contributed by atoms with van der Waals surface area (Å²) >= 11 is 0.